The molecule has 4 rings (SSSR count). The third-order valence-corrected chi connectivity index (χ3v) is 6.23. The molecule has 0 radical (unpaired) electrons. The highest BCUT2D eigenvalue weighted by atomic mass is 79.9. The first-order valence-electron chi connectivity index (χ1n) is 10.2. The fourth-order valence-corrected chi connectivity index (χ4v) is 4.86. The number of oxazole rings is 1. The van der Waals surface area contributed by atoms with Gasteiger partial charge in [0.2, 0.25) is 5.89 Å². The Morgan fingerprint density at radius 1 is 1.06 bits per heavy atom. The highest BCUT2D eigenvalue weighted by Crippen LogP contribution is 2.32. The zero-order valence-electron chi connectivity index (χ0n) is 18.0. The third-order valence-electron chi connectivity index (χ3n) is 5.05. The number of carbonyl (C=O) groups excluding carboxylic acids is 1. The van der Waals surface area contributed by atoms with Crippen LogP contribution >= 0.6 is 31.9 Å². The summed E-state index contributed by atoms with van der Waals surface area (Å²) in [5.41, 5.74) is 6.35. The first-order chi connectivity index (χ1) is 15.3. The van der Waals surface area contributed by atoms with Crippen LogP contribution < -0.4 is 10.1 Å². The summed E-state index contributed by atoms with van der Waals surface area (Å²) in [6.07, 6.45) is 0.926. The maximum atomic E-state index is 12.4. The molecule has 1 N–H and O–H groups in total. The predicted octanol–water partition coefficient (Wildman–Crippen LogP) is 7.22. The van der Waals surface area contributed by atoms with Crippen LogP contribution in [0.4, 0.5) is 5.69 Å². The van der Waals surface area contributed by atoms with E-state index >= 15 is 0 Å². The standard InChI is InChI=1S/C25H22Br2N2O3/c1-4-16-11-20(27)24-21(12-16)29-25(32-24)17-5-7-18(8-6-17)28-22(30)13-31-23-15(3)9-14(2)10-19(23)26/h5-12H,4,13H2,1-3H3,(H,28,30). The Morgan fingerprint density at radius 3 is 2.50 bits per heavy atom. The van der Waals surface area contributed by atoms with E-state index < -0.39 is 0 Å². The Kier molecular flexibility index (Phi) is 6.67. The minimum absolute atomic E-state index is 0.0802. The van der Waals surface area contributed by atoms with Crippen LogP contribution in [0.25, 0.3) is 22.6 Å². The van der Waals surface area contributed by atoms with Gasteiger partial charge < -0.3 is 14.5 Å². The lowest BCUT2D eigenvalue weighted by molar-refractivity contribution is -0.118. The van der Waals surface area contributed by atoms with Crippen LogP contribution in [0.2, 0.25) is 0 Å². The number of halogens is 2. The Bertz CT molecular complexity index is 1270. The van der Waals surface area contributed by atoms with Gasteiger partial charge in [-0.1, -0.05) is 13.0 Å². The maximum Gasteiger partial charge on any atom is 0.262 e. The summed E-state index contributed by atoms with van der Waals surface area (Å²) >= 11 is 7.06. The minimum atomic E-state index is -0.234. The second kappa shape index (κ2) is 9.46. The molecule has 0 unspecified atom stereocenters. The monoisotopic (exact) mass is 556 g/mol. The zero-order valence-corrected chi connectivity index (χ0v) is 21.1. The number of rotatable bonds is 6. The van der Waals surface area contributed by atoms with E-state index in [9.17, 15) is 4.79 Å². The number of aromatic nitrogens is 1. The molecule has 7 heteroatoms. The predicted molar refractivity (Wildman–Crippen MR) is 134 cm³/mol. The molecular weight excluding hydrogens is 536 g/mol. The number of nitrogens with zero attached hydrogens (tertiary/aromatic N) is 1. The second-order valence-electron chi connectivity index (χ2n) is 7.61. The molecule has 5 nitrogen and oxygen atoms in total. The van der Waals surface area contributed by atoms with E-state index in [-0.39, 0.29) is 12.5 Å². The minimum Gasteiger partial charge on any atom is -0.482 e. The fourth-order valence-electron chi connectivity index (χ4n) is 3.49. The van der Waals surface area contributed by atoms with E-state index in [0.717, 1.165) is 43.2 Å². The van der Waals surface area contributed by atoms with E-state index in [2.05, 4.69) is 55.2 Å². The summed E-state index contributed by atoms with van der Waals surface area (Å²) in [4.78, 5) is 17.0. The lowest BCUT2D eigenvalue weighted by Gasteiger charge is -2.12. The lowest BCUT2D eigenvalue weighted by Crippen LogP contribution is -2.20. The van der Waals surface area contributed by atoms with Crippen molar-refractivity contribution >= 4 is 54.6 Å². The number of fused-ring (bicyclic) bond motifs is 1. The van der Waals surface area contributed by atoms with Crippen LogP contribution in [0.5, 0.6) is 5.75 Å². The van der Waals surface area contributed by atoms with Crippen molar-refractivity contribution in [1.82, 2.24) is 4.98 Å². The van der Waals surface area contributed by atoms with Gasteiger partial charge in [-0.05, 0) is 111 Å². The number of anilines is 1. The molecule has 0 aliphatic carbocycles. The Balaban J connectivity index is 1.43. The normalized spacial score (nSPS) is 11.0. The molecule has 4 aromatic rings. The molecule has 0 spiro atoms. The molecule has 0 aliphatic heterocycles. The van der Waals surface area contributed by atoms with Gasteiger partial charge >= 0.3 is 0 Å². The molecule has 32 heavy (non-hydrogen) atoms. The van der Waals surface area contributed by atoms with Crippen LogP contribution in [0, 0.1) is 13.8 Å². The Labute approximate surface area is 203 Å². The number of amides is 1. The van der Waals surface area contributed by atoms with Crippen molar-refractivity contribution in [3.8, 4) is 17.2 Å². The maximum absolute atomic E-state index is 12.4. The quantitative estimate of drug-likeness (QED) is 0.272. The highest BCUT2D eigenvalue weighted by molar-refractivity contribution is 9.11. The summed E-state index contributed by atoms with van der Waals surface area (Å²) in [6, 6.07) is 15.5. The molecule has 0 aliphatic rings. The summed E-state index contributed by atoms with van der Waals surface area (Å²) in [7, 11) is 0. The SMILES string of the molecule is CCc1cc(Br)c2oc(-c3ccc(NC(=O)COc4c(C)cc(C)cc4Br)cc3)nc2c1. The zero-order chi connectivity index (χ0) is 22.8. The number of hydrogen-bond donors (Lipinski definition) is 1. The fraction of sp³-hybridized carbons (Fsp3) is 0.200. The van der Waals surface area contributed by atoms with Gasteiger partial charge in [-0.25, -0.2) is 4.98 Å². The molecule has 0 atom stereocenters. The number of hydrogen-bond acceptors (Lipinski definition) is 4. The smallest absolute Gasteiger partial charge is 0.262 e. The molecule has 0 fully saturated rings. The molecule has 3 aromatic carbocycles. The molecule has 0 saturated heterocycles. The summed E-state index contributed by atoms with van der Waals surface area (Å²) in [6.45, 7) is 5.99. The third kappa shape index (κ3) is 4.89. The highest BCUT2D eigenvalue weighted by Gasteiger charge is 2.13. The van der Waals surface area contributed by atoms with Gasteiger partial charge in [0, 0.05) is 11.3 Å². The molecule has 0 saturated carbocycles. The van der Waals surface area contributed by atoms with Gasteiger partial charge in [-0.15, -0.1) is 0 Å². The molecule has 1 heterocycles. The van der Waals surface area contributed by atoms with Crippen LogP contribution in [0.3, 0.4) is 0 Å². The molecule has 1 aromatic heterocycles. The van der Waals surface area contributed by atoms with E-state index in [1.54, 1.807) is 0 Å². The van der Waals surface area contributed by atoms with E-state index in [0.29, 0.717) is 17.3 Å². The van der Waals surface area contributed by atoms with Gasteiger partial charge in [0.15, 0.2) is 12.2 Å². The van der Waals surface area contributed by atoms with Crippen molar-refractivity contribution in [3.05, 3.63) is 74.2 Å². The topological polar surface area (TPSA) is 64.4 Å². The van der Waals surface area contributed by atoms with Crippen molar-refractivity contribution in [2.45, 2.75) is 27.2 Å². The van der Waals surface area contributed by atoms with Gasteiger partial charge in [0.1, 0.15) is 11.3 Å². The molecule has 1 amide bonds. The number of carbonyl (C=O) groups is 1. The number of ether oxygens (including phenoxy) is 1. The summed E-state index contributed by atoms with van der Waals surface area (Å²) in [5, 5.41) is 2.85. The van der Waals surface area contributed by atoms with Gasteiger partial charge in [0.25, 0.3) is 5.91 Å². The Morgan fingerprint density at radius 2 is 1.81 bits per heavy atom. The van der Waals surface area contributed by atoms with E-state index in [4.69, 9.17) is 9.15 Å². The van der Waals surface area contributed by atoms with E-state index in [1.807, 2.05) is 56.3 Å². The van der Waals surface area contributed by atoms with Gasteiger partial charge in [-0.2, -0.15) is 0 Å². The van der Waals surface area contributed by atoms with Crippen molar-refractivity contribution in [2.75, 3.05) is 11.9 Å². The number of benzene rings is 3. The van der Waals surface area contributed by atoms with Crippen molar-refractivity contribution in [1.29, 1.82) is 0 Å². The average molecular weight is 558 g/mol. The number of nitrogens with one attached hydrogen (secondary N) is 1. The van der Waals surface area contributed by atoms with Gasteiger partial charge in [-0.3, -0.25) is 4.79 Å². The van der Waals surface area contributed by atoms with Crippen molar-refractivity contribution in [3.63, 3.8) is 0 Å². The average Bonchev–Trinajstić information content (AvgIpc) is 3.18. The van der Waals surface area contributed by atoms with Crippen LogP contribution in [-0.4, -0.2) is 17.5 Å². The van der Waals surface area contributed by atoms with Crippen LogP contribution in [-0.2, 0) is 11.2 Å². The van der Waals surface area contributed by atoms with Crippen LogP contribution in [0.1, 0.15) is 23.6 Å². The summed E-state index contributed by atoms with van der Waals surface area (Å²) in [5.74, 6) is 0.979. The van der Waals surface area contributed by atoms with Crippen LogP contribution in [0.15, 0.2) is 61.9 Å². The van der Waals surface area contributed by atoms with Gasteiger partial charge in [0.05, 0.1) is 8.95 Å². The molecule has 164 valence electrons. The second-order valence-corrected chi connectivity index (χ2v) is 9.31. The first kappa shape index (κ1) is 22.6. The largest absolute Gasteiger partial charge is 0.482 e. The molecular formula is C25H22Br2N2O3. The van der Waals surface area contributed by atoms with Crippen molar-refractivity contribution < 1.29 is 13.9 Å². The number of aryl methyl sites for hydroxylation is 3. The molecule has 0 bridgehead atoms. The first-order valence-corrected chi connectivity index (χ1v) is 11.8. The Hall–Kier alpha value is -2.64. The lowest BCUT2D eigenvalue weighted by atomic mass is 10.1. The summed E-state index contributed by atoms with van der Waals surface area (Å²) < 4.78 is 13.4. The van der Waals surface area contributed by atoms with Crippen molar-refractivity contribution in [2.24, 2.45) is 0 Å². The van der Waals surface area contributed by atoms with E-state index in [1.165, 1.54) is 5.56 Å².